The summed E-state index contributed by atoms with van der Waals surface area (Å²) in [6.45, 7) is 0. The molecule has 5 nitrogen and oxygen atoms in total. The molecule has 0 radical (unpaired) electrons. The molecule has 2 aromatic carbocycles. The zero-order chi connectivity index (χ0) is 14.4. The fraction of sp³-hybridized carbons (Fsp3) is 0.200. The van der Waals surface area contributed by atoms with E-state index in [0.717, 1.165) is 11.4 Å². The van der Waals surface area contributed by atoms with Gasteiger partial charge in [-0.15, -0.1) is 5.11 Å². The van der Waals surface area contributed by atoms with Crippen molar-refractivity contribution >= 4 is 11.4 Å². The highest BCUT2D eigenvalue weighted by Crippen LogP contribution is 2.38. The van der Waals surface area contributed by atoms with Gasteiger partial charge in [0, 0.05) is 0 Å². The summed E-state index contributed by atoms with van der Waals surface area (Å²) in [6.07, 6.45) is 0. The van der Waals surface area contributed by atoms with E-state index in [4.69, 9.17) is 14.2 Å². The maximum Gasteiger partial charge on any atom is 0.169 e. The zero-order valence-electron chi connectivity index (χ0n) is 11.7. The molecule has 0 fully saturated rings. The Labute approximate surface area is 117 Å². The van der Waals surface area contributed by atoms with Gasteiger partial charge in [-0.1, -0.05) is 6.07 Å². The van der Waals surface area contributed by atoms with Crippen LogP contribution in [-0.2, 0) is 0 Å². The lowest BCUT2D eigenvalue weighted by atomic mass is 10.3. The van der Waals surface area contributed by atoms with Crippen LogP contribution in [0, 0.1) is 0 Å². The fourth-order valence-corrected chi connectivity index (χ4v) is 1.69. The second-order valence-electron chi connectivity index (χ2n) is 3.91. The van der Waals surface area contributed by atoms with Gasteiger partial charge < -0.3 is 14.2 Å². The second-order valence-corrected chi connectivity index (χ2v) is 3.91. The van der Waals surface area contributed by atoms with Gasteiger partial charge >= 0.3 is 0 Å². The number of methoxy groups -OCH3 is 3. The van der Waals surface area contributed by atoms with Gasteiger partial charge in [0.2, 0.25) is 0 Å². The van der Waals surface area contributed by atoms with E-state index in [-0.39, 0.29) is 0 Å². The Balaban J connectivity index is 2.30. The summed E-state index contributed by atoms with van der Waals surface area (Å²) in [5.41, 5.74) is 1.28. The molecule has 0 saturated carbocycles. The van der Waals surface area contributed by atoms with E-state index in [9.17, 15) is 0 Å². The Kier molecular flexibility index (Phi) is 4.55. The first kappa shape index (κ1) is 13.9. The lowest BCUT2D eigenvalue weighted by Crippen LogP contribution is -1.87. The third-order valence-corrected chi connectivity index (χ3v) is 2.74. The van der Waals surface area contributed by atoms with E-state index in [2.05, 4.69) is 10.2 Å². The van der Waals surface area contributed by atoms with Crippen molar-refractivity contribution in [3.63, 3.8) is 0 Å². The van der Waals surface area contributed by atoms with Gasteiger partial charge in [-0.05, 0) is 36.4 Å². The average Bonchev–Trinajstić information content (AvgIpc) is 2.52. The molecule has 0 aliphatic carbocycles. The molecule has 0 atom stereocenters. The van der Waals surface area contributed by atoms with Crippen LogP contribution in [0.15, 0.2) is 52.7 Å². The molecule has 0 aliphatic heterocycles. The second kappa shape index (κ2) is 6.56. The van der Waals surface area contributed by atoms with Gasteiger partial charge in [0.25, 0.3) is 0 Å². The van der Waals surface area contributed by atoms with Crippen LogP contribution in [0.5, 0.6) is 17.2 Å². The minimum atomic E-state index is 0.563. The number of hydrogen-bond acceptors (Lipinski definition) is 5. The Morgan fingerprint density at radius 2 is 1.30 bits per heavy atom. The van der Waals surface area contributed by atoms with Crippen molar-refractivity contribution in [2.75, 3.05) is 21.3 Å². The Morgan fingerprint density at radius 3 is 1.80 bits per heavy atom. The predicted molar refractivity (Wildman–Crippen MR) is 76.7 cm³/mol. The number of ether oxygens (including phenoxy) is 3. The summed E-state index contributed by atoms with van der Waals surface area (Å²) in [6, 6.07) is 12.8. The van der Waals surface area contributed by atoms with Crippen molar-refractivity contribution in [2.45, 2.75) is 0 Å². The quantitative estimate of drug-likeness (QED) is 0.769. The molecule has 20 heavy (non-hydrogen) atoms. The summed E-state index contributed by atoms with van der Waals surface area (Å²) in [7, 11) is 4.79. The maximum atomic E-state index is 5.26. The van der Waals surface area contributed by atoms with Crippen LogP contribution in [-0.4, -0.2) is 21.3 Å². The van der Waals surface area contributed by atoms with Crippen LogP contribution < -0.4 is 14.2 Å². The fourth-order valence-electron chi connectivity index (χ4n) is 1.69. The van der Waals surface area contributed by atoms with Crippen LogP contribution in [0.2, 0.25) is 0 Å². The van der Waals surface area contributed by atoms with Gasteiger partial charge in [-0.3, -0.25) is 0 Å². The minimum Gasteiger partial charge on any atom is -0.497 e. The molecule has 0 amide bonds. The smallest absolute Gasteiger partial charge is 0.169 e. The zero-order valence-corrected chi connectivity index (χ0v) is 11.7. The molecule has 0 bridgehead atoms. The monoisotopic (exact) mass is 272 g/mol. The number of benzene rings is 2. The maximum absolute atomic E-state index is 5.26. The molecule has 5 heteroatoms. The van der Waals surface area contributed by atoms with Crippen molar-refractivity contribution in [1.29, 1.82) is 0 Å². The third kappa shape index (κ3) is 3.06. The first-order chi connectivity index (χ1) is 9.78. The van der Waals surface area contributed by atoms with Gasteiger partial charge in [-0.2, -0.15) is 5.11 Å². The molecule has 0 N–H and O–H groups in total. The van der Waals surface area contributed by atoms with Crippen molar-refractivity contribution in [3.05, 3.63) is 42.5 Å². The molecule has 2 rings (SSSR count). The van der Waals surface area contributed by atoms with Gasteiger partial charge in [-0.25, -0.2) is 0 Å². The number of nitrogens with zero attached hydrogens (tertiary/aromatic N) is 2. The number of rotatable bonds is 5. The first-order valence-corrected chi connectivity index (χ1v) is 6.05. The molecule has 0 saturated heterocycles. The SMILES string of the molecule is COc1ccc(N=Nc2c(OC)cccc2OC)cc1. The highest BCUT2D eigenvalue weighted by molar-refractivity contribution is 5.62. The van der Waals surface area contributed by atoms with E-state index >= 15 is 0 Å². The topological polar surface area (TPSA) is 52.4 Å². The van der Waals surface area contributed by atoms with E-state index in [1.165, 1.54) is 0 Å². The largest absolute Gasteiger partial charge is 0.497 e. The van der Waals surface area contributed by atoms with Crippen LogP contribution >= 0.6 is 0 Å². The third-order valence-electron chi connectivity index (χ3n) is 2.74. The lowest BCUT2D eigenvalue weighted by molar-refractivity contribution is 0.396. The molecule has 0 spiro atoms. The normalized spacial score (nSPS) is 10.6. The summed E-state index contributed by atoms with van der Waals surface area (Å²) >= 11 is 0. The van der Waals surface area contributed by atoms with Crippen molar-refractivity contribution in [2.24, 2.45) is 10.2 Å². The molecule has 0 unspecified atom stereocenters. The van der Waals surface area contributed by atoms with Gasteiger partial charge in [0.1, 0.15) is 17.2 Å². The number of hydrogen-bond donors (Lipinski definition) is 0. The van der Waals surface area contributed by atoms with Crippen molar-refractivity contribution in [3.8, 4) is 17.2 Å². The summed E-state index contributed by atoms with van der Waals surface area (Å²) in [5, 5.41) is 8.39. The molecule has 0 aliphatic rings. The van der Waals surface area contributed by atoms with Crippen LogP contribution in [0.1, 0.15) is 0 Å². The molecule has 104 valence electrons. The van der Waals surface area contributed by atoms with E-state index < -0.39 is 0 Å². The average molecular weight is 272 g/mol. The predicted octanol–water partition coefficient (Wildman–Crippen LogP) is 4.13. The molecular formula is C15H16N2O3. The van der Waals surface area contributed by atoms with E-state index in [1.807, 2.05) is 42.5 Å². The Bertz CT molecular complexity index is 572. The van der Waals surface area contributed by atoms with Crippen molar-refractivity contribution < 1.29 is 14.2 Å². The minimum absolute atomic E-state index is 0.563. The van der Waals surface area contributed by atoms with Crippen molar-refractivity contribution in [1.82, 2.24) is 0 Å². The van der Waals surface area contributed by atoms with E-state index in [1.54, 1.807) is 21.3 Å². The Morgan fingerprint density at radius 1 is 0.700 bits per heavy atom. The van der Waals surface area contributed by atoms with E-state index in [0.29, 0.717) is 17.2 Å². The van der Waals surface area contributed by atoms with Crippen LogP contribution in [0.3, 0.4) is 0 Å². The Hall–Kier alpha value is -2.56. The summed E-state index contributed by atoms with van der Waals surface area (Å²) in [4.78, 5) is 0. The molecule has 0 heterocycles. The number of azo groups is 1. The van der Waals surface area contributed by atoms with Crippen LogP contribution in [0.4, 0.5) is 11.4 Å². The standard InChI is InChI=1S/C15H16N2O3/c1-18-12-9-7-11(8-10-12)16-17-15-13(19-2)5-4-6-14(15)20-3/h4-10H,1-3H3. The van der Waals surface area contributed by atoms with Gasteiger partial charge in [0.05, 0.1) is 27.0 Å². The first-order valence-electron chi connectivity index (χ1n) is 6.05. The van der Waals surface area contributed by atoms with Crippen LogP contribution in [0.25, 0.3) is 0 Å². The summed E-state index contributed by atoms with van der Waals surface area (Å²) < 4.78 is 15.6. The molecular weight excluding hydrogens is 256 g/mol. The highest BCUT2D eigenvalue weighted by Gasteiger charge is 2.08. The molecule has 0 aromatic heterocycles. The summed E-state index contributed by atoms with van der Waals surface area (Å²) in [5.74, 6) is 2.00. The van der Waals surface area contributed by atoms with Gasteiger partial charge in [0.15, 0.2) is 5.69 Å². The lowest BCUT2D eigenvalue weighted by Gasteiger charge is -2.07. The highest BCUT2D eigenvalue weighted by atomic mass is 16.5. The molecule has 2 aromatic rings.